The average molecular weight is 303 g/mol. The monoisotopic (exact) mass is 303 g/mol. The van der Waals surface area contributed by atoms with E-state index in [0.29, 0.717) is 25.1 Å². The third-order valence-corrected chi connectivity index (χ3v) is 3.14. The van der Waals surface area contributed by atoms with Crippen LogP contribution in [0.15, 0.2) is 30.3 Å². The second-order valence-corrected chi connectivity index (χ2v) is 5.06. The number of nitrogens with one attached hydrogen (secondary N) is 1. The number of halogens is 3. The van der Waals surface area contributed by atoms with E-state index in [1.807, 2.05) is 0 Å². The summed E-state index contributed by atoms with van der Waals surface area (Å²) in [5, 5.41) is 2.98. The van der Waals surface area contributed by atoms with E-state index in [9.17, 15) is 13.2 Å². The highest BCUT2D eigenvalue weighted by Gasteiger charge is 2.32. The van der Waals surface area contributed by atoms with Crippen LogP contribution < -0.4 is 5.32 Å². The molecule has 1 N–H and O–H groups in total. The van der Waals surface area contributed by atoms with Gasteiger partial charge in [0.05, 0.1) is 6.42 Å². The Balaban J connectivity index is 2.37. The number of rotatable bonds is 10. The largest absolute Gasteiger partial charge is 0.390 e. The Kier molecular flexibility index (Phi) is 8.38. The van der Waals surface area contributed by atoms with Crippen LogP contribution in [0.25, 0.3) is 0 Å². The van der Waals surface area contributed by atoms with Crippen molar-refractivity contribution in [2.45, 2.75) is 44.8 Å². The Morgan fingerprint density at radius 2 is 1.76 bits per heavy atom. The Labute approximate surface area is 124 Å². The summed E-state index contributed by atoms with van der Waals surface area (Å²) in [5.41, 5.74) is 0.668. The van der Waals surface area contributed by atoms with Gasteiger partial charge in [-0.1, -0.05) is 43.7 Å². The van der Waals surface area contributed by atoms with Gasteiger partial charge >= 0.3 is 6.18 Å². The quantitative estimate of drug-likeness (QED) is 0.644. The van der Waals surface area contributed by atoms with Gasteiger partial charge in [-0.3, -0.25) is 0 Å². The predicted octanol–water partition coefficient (Wildman–Crippen LogP) is 4.48. The van der Waals surface area contributed by atoms with Crippen LogP contribution >= 0.6 is 0 Å². The summed E-state index contributed by atoms with van der Waals surface area (Å²) in [6.07, 6.45) is -2.21. The number of hydrogen-bond donors (Lipinski definition) is 1. The molecule has 0 fully saturated rings. The smallest absolute Gasteiger partial charge is 0.381 e. The topological polar surface area (TPSA) is 21.3 Å². The standard InChI is InChI=1S/C16H24F3NO/c1-2-3-11-21-12-7-10-20-15(13-16(17,18)19)14-8-5-4-6-9-14/h4-6,8-9,15,20H,2-3,7,10-13H2,1H3. The minimum Gasteiger partial charge on any atom is -0.381 e. The molecule has 0 bridgehead atoms. The summed E-state index contributed by atoms with van der Waals surface area (Å²) in [6, 6.07) is 8.07. The number of hydrogen-bond acceptors (Lipinski definition) is 2. The summed E-state index contributed by atoms with van der Waals surface area (Å²) in [5.74, 6) is 0. The van der Waals surface area contributed by atoms with Gasteiger partial charge < -0.3 is 10.1 Å². The molecule has 1 aromatic carbocycles. The zero-order chi connectivity index (χ0) is 15.6. The fourth-order valence-corrected chi connectivity index (χ4v) is 2.02. The zero-order valence-corrected chi connectivity index (χ0v) is 12.5. The summed E-state index contributed by atoms with van der Waals surface area (Å²) in [6.45, 7) is 3.91. The van der Waals surface area contributed by atoms with Crippen LogP contribution in [0, 0.1) is 0 Å². The lowest BCUT2D eigenvalue weighted by molar-refractivity contribution is -0.140. The van der Waals surface area contributed by atoms with E-state index >= 15 is 0 Å². The molecule has 0 heterocycles. The van der Waals surface area contributed by atoms with E-state index in [4.69, 9.17) is 4.74 Å². The third-order valence-electron chi connectivity index (χ3n) is 3.14. The molecule has 1 rings (SSSR count). The lowest BCUT2D eigenvalue weighted by Gasteiger charge is -2.20. The second-order valence-electron chi connectivity index (χ2n) is 5.06. The number of ether oxygens (including phenoxy) is 1. The molecule has 0 spiro atoms. The molecule has 0 saturated carbocycles. The van der Waals surface area contributed by atoms with E-state index in [1.165, 1.54) is 0 Å². The summed E-state index contributed by atoms with van der Waals surface area (Å²) in [7, 11) is 0. The molecule has 0 aliphatic carbocycles. The van der Waals surface area contributed by atoms with Crippen molar-refractivity contribution >= 4 is 0 Å². The van der Waals surface area contributed by atoms with Crippen LogP contribution in [0.1, 0.15) is 44.2 Å². The van der Waals surface area contributed by atoms with E-state index in [-0.39, 0.29) is 0 Å². The van der Waals surface area contributed by atoms with Gasteiger partial charge in [-0.25, -0.2) is 0 Å². The van der Waals surface area contributed by atoms with Gasteiger partial charge in [-0.05, 0) is 24.9 Å². The second kappa shape index (κ2) is 9.79. The first-order chi connectivity index (χ1) is 10.0. The van der Waals surface area contributed by atoms with Gasteiger partial charge in [0.2, 0.25) is 0 Å². The van der Waals surface area contributed by atoms with Crippen molar-refractivity contribution in [2.24, 2.45) is 0 Å². The maximum Gasteiger partial charge on any atom is 0.390 e. The van der Waals surface area contributed by atoms with E-state index < -0.39 is 18.6 Å². The van der Waals surface area contributed by atoms with Crippen molar-refractivity contribution < 1.29 is 17.9 Å². The molecule has 0 saturated heterocycles. The predicted molar refractivity (Wildman–Crippen MR) is 78.2 cm³/mol. The van der Waals surface area contributed by atoms with Crippen molar-refractivity contribution in [3.05, 3.63) is 35.9 Å². The molecule has 120 valence electrons. The van der Waals surface area contributed by atoms with Crippen molar-refractivity contribution in [1.29, 1.82) is 0 Å². The Hall–Kier alpha value is -1.07. The summed E-state index contributed by atoms with van der Waals surface area (Å²) in [4.78, 5) is 0. The summed E-state index contributed by atoms with van der Waals surface area (Å²) < 4.78 is 43.3. The number of unbranched alkanes of at least 4 members (excludes halogenated alkanes) is 1. The molecule has 0 radical (unpaired) electrons. The van der Waals surface area contributed by atoms with Gasteiger partial charge in [0.25, 0.3) is 0 Å². The average Bonchev–Trinajstić information content (AvgIpc) is 2.45. The van der Waals surface area contributed by atoms with Crippen LogP contribution in [-0.2, 0) is 4.74 Å². The fourth-order valence-electron chi connectivity index (χ4n) is 2.02. The van der Waals surface area contributed by atoms with Gasteiger partial charge in [-0.15, -0.1) is 0 Å². The third kappa shape index (κ3) is 8.73. The summed E-state index contributed by atoms with van der Waals surface area (Å²) >= 11 is 0. The molecular weight excluding hydrogens is 279 g/mol. The lowest BCUT2D eigenvalue weighted by Crippen LogP contribution is -2.28. The fraction of sp³-hybridized carbons (Fsp3) is 0.625. The molecule has 1 atom stereocenters. The minimum absolute atomic E-state index is 0.516. The lowest BCUT2D eigenvalue weighted by atomic mass is 10.0. The van der Waals surface area contributed by atoms with Gasteiger partial charge in [0.15, 0.2) is 0 Å². The van der Waals surface area contributed by atoms with Crippen LogP contribution in [-0.4, -0.2) is 25.9 Å². The normalized spacial score (nSPS) is 13.3. The highest BCUT2D eigenvalue weighted by atomic mass is 19.4. The SMILES string of the molecule is CCCCOCCCNC(CC(F)(F)F)c1ccccc1. The number of benzene rings is 1. The van der Waals surface area contributed by atoms with Crippen molar-refractivity contribution in [2.75, 3.05) is 19.8 Å². The Bertz CT molecular complexity index is 368. The molecule has 21 heavy (non-hydrogen) atoms. The Morgan fingerprint density at radius 1 is 1.10 bits per heavy atom. The van der Waals surface area contributed by atoms with Crippen LogP contribution in [0.2, 0.25) is 0 Å². The molecule has 0 aliphatic heterocycles. The molecular formula is C16H24F3NO. The van der Waals surface area contributed by atoms with Crippen LogP contribution in [0.3, 0.4) is 0 Å². The molecule has 0 aromatic heterocycles. The first-order valence-corrected chi connectivity index (χ1v) is 7.45. The maximum absolute atomic E-state index is 12.6. The molecule has 1 unspecified atom stereocenters. The molecule has 0 amide bonds. The van der Waals surface area contributed by atoms with Crippen molar-refractivity contribution in [3.63, 3.8) is 0 Å². The first kappa shape index (κ1) is 18.0. The zero-order valence-electron chi connectivity index (χ0n) is 12.5. The van der Waals surface area contributed by atoms with Gasteiger partial charge in [-0.2, -0.15) is 13.2 Å². The van der Waals surface area contributed by atoms with Crippen LogP contribution in [0.4, 0.5) is 13.2 Å². The van der Waals surface area contributed by atoms with Crippen LogP contribution in [0.5, 0.6) is 0 Å². The molecule has 1 aromatic rings. The first-order valence-electron chi connectivity index (χ1n) is 7.45. The maximum atomic E-state index is 12.6. The van der Waals surface area contributed by atoms with Crippen molar-refractivity contribution in [3.8, 4) is 0 Å². The molecule has 0 aliphatic rings. The van der Waals surface area contributed by atoms with Gasteiger partial charge in [0, 0.05) is 19.3 Å². The highest BCUT2D eigenvalue weighted by Crippen LogP contribution is 2.29. The minimum atomic E-state index is -4.18. The van der Waals surface area contributed by atoms with Gasteiger partial charge in [0.1, 0.15) is 0 Å². The van der Waals surface area contributed by atoms with Crippen molar-refractivity contribution in [1.82, 2.24) is 5.32 Å². The van der Waals surface area contributed by atoms with E-state index in [2.05, 4.69) is 12.2 Å². The number of alkyl halides is 3. The van der Waals surface area contributed by atoms with E-state index in [0.717, 1.165) is 19.4 Å². The molecule has 2 nitrogen and oxygen atoms in total. The highest BCUT2D eigenvalue weighted by molar-refractivity contribution is 5.19. The van der Waals surface area contributed by atoms with E-state index in [1.54, 1.807) is 30.3 Å². The Morgan fingerprint density at radius 3 is 2.38 bits per heavy atom. The molecule has 5 heteroatoms.